The van der Waals surface area contributed by atoms with Crippen LogP contribution in [-0.2, 0) is 6.54 Å². The first-order valence-electron chi connectivity index (χ1n) is 5.19. The van der Waals surface area contributed by atoms with Gasteiger partial charge in [0.05, 0.1) is 0 Å². The Kier molecular flexibility index (Phi) is 5.22. The lowest BCUT2D eigenvalue weighted by molar-refractivity contribution is 0.374. The van der Waals surface area contributed by atoms with Crippen LogP contribution in [0.1, 0.15) is 25.8 Å². The van der Waals surface area contributed by atoms with Gasteiger partial charge in [0.25, 0.3) is 0 Å². The van der Waals surface area contributed by atoms with Crippen molar-refractivity contribution in [2.45, 2.75) is 32.4 Å². The zero-order valence-corrected chi connectivity index (χ0v) is 11.8. The normalized spacial score (nSPS) is 11.8. The van der Waals surface area contributed by atoms with Gasteiger partial charge in [-0.25, -0.2) is 4.39 Å². The van der Waals surface area contributed by atoms with Gasteiger partial charge in [-0.2, -0.15) is 0 Å². The van der Waals surface area contributed by atoms with Gasteiger partial charge in [-0.05, 0) is 38.5 Å². The van der Waals surface area contributed by atoms with Crippen molar-refractivity contribution in [1.29, 1.82) is 0 Å². The highest BCUT2D eigenvalue weighted by molar-refractivity contribution is 9.09. The Labute approximate surface area is 110 Å². The van der Waals surface area contributed by atoms with E-state index >= 15 is 0 Å². The van der Waals surface area contributed by atoms with E-state index in [4.69, 9.17) is 11.6 Å². The molecule has 0 aliphatic carbocycles. The number of benzene rings is 1. The predicted molar refractivity (Wildman–Crippen MR) is 70.7 cm³/mol. The monoisotopic (exact) mass is 307 g/mol. The summed E-state index contributed by atoms with van der Waals surface area (Å²) < 4.78 is 13.4. The smallest absolute Gasteiger partial charge is 0.127 e. The highest BCUT2D eigenvalue weighted by Gasteiger charge is 2.16. The number of alkyl halides is 1. The van der Waals surface area contributed by atoms with Crippen molar-refractivity contribution < 1.29 is 4.39 Å². The second-order valence-corrected chi connectivity index (χ2v) is 5.64. The third-order valence-electron chi connectivity index (χ3n) is 2.48. The molecular formula is C12H16BrClFN. The van der Waals surface area contributed by atoms with Crippen LogP contribution in [0.2, 0.25) is 5.02 Å². The van der Waals surface area contributed by atoms with Crippen LogP contribution in [0, 0.1) is 5.82 Å². The van der Waals surface area contributed by atoms with Gasteiger partial charge in [0.2, 0.25) is 0 Å². The zero-order chi connectivity index (χ0) is 12.2. The van der Waals surface area contributed by atoms with Gasteiger partial charge in [-0.15, -0.1) is 0 Å². The van der Waals surface area contributed by atoms with E-state index in [0.717, 1.165) is 11.8 Å². The van der Waals surface area contributed by atoms with E-state index in [1.165, 1.54) is 6.07 Å². The Morgan fingerprint density at radius 3 is 2.75 bits per heavy atom. The lowest BCUT2D eigenvalue weighted by Gasteiger charge is -2.25. The molecule has 1 aromatic carbocycles. The first-order chi connectivity index (χ1) is 7.44. The first kappa shape index (κ1) is 13.9. The lowest BCUT2D eigenvalue weighted by atomic mass is 10.0. The van der Waals surface area contributed by atoms with Crippen LogP contribution in [0.3, 0.4) is 0 Å². The van der Waals surface area contributed by atoms with Crippen molar-refractivity contribution in [3.05, 3.63) is 34.6 Å². The summed E-state index contributed by atoms with van der Waals surface area (Å²) in [6.07, 6.45) is 0.981. The summed E-state index contributed by atoms with van der Waals surface area (Å²) in [6, 6.07) is 4.62. The van der Waals surface area contributed by atoms with E-state index in [9.17, 15) is 4.39 Å². The molecule has 1 aromatic rings. The Morgan fingerprint density at radius 1 is 1.44 bits per heavy atom. The molecule has 16 heavy (non-hydrogen) atoms. The maximum Gasteiger partial charge on any atom is 0.127 e. The zero-order valence-electron chi connectivity index (χ0n) is 9.49. The molecule has 1 rings (SSSR count). The first-order valence-corrected chi connectivity index (χ1v) is 6.69. The van der Waals surface area contributed by atoms with Crippen molar-refractivity contribution in [3.63, 3.8) is 0 Å². The highest BCUT2D eigenvalue weighted by Crippen LogP contribution is 2.17. The topological polar surface area (TPSA) is 12.0 Å². The molecule has 1 N–H and O–H groups in total. The van der Waals surface area contributed by atoms with E-state index in [1.54, 1.807) is 12.1 Å². The van der Waals surface area contributed by atoms with Gasteiger partial charge in [-0.1, -0.05) is 27.5 Å². The van der Waals surface area contributed by atoms with Gasteiger partial charge in [0.1, 0.15) is 5.82 Å². The van der Waals surface area contributed by atoms with Crippen LogP contribution in [0.25, 0.3) is 0 Å². The van der Waals surface area contributed by atoms with Gasteiger partial charge >= 0.3 is 0 Å². The summed E-state index contributed by atoms with van der Waals surface area (Å²) in [5.41, 5.74) is 0.591. The number of halogens is 3. The standard InChI is InChI=1S/C12H16BrClFN/c1-12(2,5-6-13)16-8-9-7-10(14)3-4-11(9)15/h3-4,7,16H,5-6,8H2,1-2H3. The molecule has 0 unspecified atom stereocenters. The second kappa shape index (κ2) is 5.99. The van der Waals surface area contributed by atoms with Crippen LogP contribution in [0.15, 0.2) is 18.2 Å². The van der Waals surface area contributed by atoms with Crippen LogP contribution in [0.4, 0.5) is 4.39 Å². The molecule has 90 valence electrons. The fourth-order valence-electron chi connectivity index (χ4n) is 1.34. The van der Waals surface area contributed by atoms with E-state index < -0.39 is 0 Å². The van der Waals surface area contributed by atoms with Crippen molar-refractivity contribution in [1.82, 2.24) is 5.32 Å². The molecule has 0 aliphatic rings. The molecule has 0 fully saturated rings. The molecule has 0 heterocycles. The van der Waals surface area contributed by atoms with Crippen molar-refractivity contribution in [2.75, 3.05) is 5.33 Å². The minimum Gasteiger partial charge on any atom is -0.308 e. The Bertz CT molecular complexity index is 355. The van der Waals surface area contributed by atoms with Gasteiger partial charge in [-0.3, -0.25) is 0 Å². The highest BCUT2D eigenvalue weighted by atomic mass is 79.9. The van der Waals surface area contributed by atoms with Crippen LogP contribution in [0.5, 0.6) is 0 Å². The summed E-state index contributed by atoms with van der Waals surface area (Å²) >= 11 is 9.23. The summed E-state index contributed by atoms with van der Waals surface area (Å²) in [5.74, 6) is -0.216. The van der Waals surface area contributed by atoms with Crippen LogP contribution < -0.4 is 5.32 Å². The SMILES string of the molecule is CC(C)(CCBr)NCc1cc(Cl)ccc1F. The Hall–Kier alpha value is -0.120. The maximum atomic E-state index is 13.4. The lowest BCUT2D eigenvalue weighted by Crippen LogP contribution is -2.39. The quantitative estimate of drug-likeness (QED) is 0.806. The summed E-state index contributed by atoms with van der Waals surface area (Å²) in [6.45, 7) is 4.68. The third-order valence-corrected chi connectivity index (χ3v) is 3.12. The molecule has 0 saturated carbocycles. The number of nitrogens with one attached hydrogen (secondary N) is 1. The van der Waals surface area contributed by atoms with E-state index in [2.05, 4.69) is 35.1 Å². The van der Waals surface area contributed by atoms with Crippen molar-refractivity contribution >= 4 is 27.5 Å². The van der Waals surface area contributed by atoms with E-state index in [1.807, 2.05) is 0 Å². The Balaban J connectivity index is 2.63. The molecule has 0 radical (unpaired) electrons. The predicted octanol–water partition coefficient (Wildman–Crippen LogP) is 4.13. The molecule has 4 heteroatoms. The molecule has 0 atom stereocenters. The van der Waals surface area contributed by atoms with Crippen molar-refractivity contribution in [2.24, 2.45) is 0 Å². The molecule has 0 bridgehead atoms. The molecule has 0 aliphatic heterocycles. The summed E-state index contributed by atoms with van der Waals surface area (Å²) in [5, 5.41) is 4.80. The number of hydrogen-bond donors (Lipinski definition) is 1. The molecule has 1 nitrogen and oxygen atoms in total. The fraction of sp³-hybridized carbons (Fsp3) is 0.500. The van der Waals surface area contributed by atoms with Crippen LogP contribution in [-0.4, -0.2) is 10.9 Å². The van der Waals surface area contributed by atoms with E-state index in [-0.39, 0.29) is 11.4 Å². The van der Waals surface area contributed by atoms with Crippen molar-refractivity contribution in [3.8, 4) is 0 Å². The van der Waals surface area contributed by atoms with Gasteiger partial charge in [0, 0.05) is 28.0 Å². The van der Waals surface area contributed by atoms with Gasteiger partial charge in [0.15, 0.2) is 0 Å². The number of hydrogen-bond acceptors (Lipinski definition) is 1. The number of rotatable bonds is 5. The average Bonchev–Trinajstić information content (AvgIpc) is 2.19. The minimum atomic E-state index is -0.216. The molecule has 0 saturated heterocycles. The largest absolute Gasteiger partial charge is 0.308 e. The molecule has 0 aromatic heterocycles. The average molecular weight is 309 g/mol. The second-order valence-electron chi connectivity index (χ2n) is 4.41. The van der Waals surface area contributed by atoms with E-state index in [0.29, 0.717) is 17.1 Å². The molecule has 0 amide bonds. The molecular weight excluding hydrogens is 292 g/mol. The summed E-state index contributed by atoms with van der Waals surface area (Å²) in [7, 11) is 0. The summed E-state index contributed by atoms with van der Waals surface area (Å²) in [4.78, 5) is 0. The van der Waals surface area contributed by atoms with Crippen LogP contribution >= 0.6 is 27.5 Å². The maximum absolute atomic E-state index is 13.4. The Morgan fingerprint density at radius 2 is 2.12 bits per heavy atom. The molecule has 0 spiro atoms. The third kappa shape index (κ3) is 4.40. The van der Waals surface area contributed by atoms with Gasteiger partial charge < -0.3 is 5.32 Å². The minimum absolute atomic E-state index is 0.0156. The fourth-order valence-corrected chi connectivity index (χ4v) is 2.52.